The van der Waals surface area contributed by atoms with Crippen molar-refractivity contribution in [2.75, 3.05) is 30.8 Å². The van der Waals surface area contributed by atoms with Gasteiger partial charge in [0.1, 0.15) is 5.82 Å². The summed E-state index contributed by atoms with van der Waals surface area (Å²) in [5.74, 6) is 2.22. The minimum Gasteiger partial charge on any atom is -0.355 e. The third kappa shape index (κ3) is 3.27. The van der Waals surface area contributed by atoms with E-state index in [9.17, 15) is 0 Å². The summed E-state index contributed by atoms with van der Waals surface area (Å²) >= 11 is 8.14. The van der Waals surface area contributed by atoms with Crippen molar-refractivity contribution < 1.29 is 0 Å². The number of anilines is 1. The molecular weight excluding hydrogens is 254 g/mol. The standard InChI is InChI=1S/C12H18ClN3S/c1-9-8-16(5-6-17-9)12-4-3-10(13)11(15-12)7-14-2/h3-4,9,14H,5-8H2,1-2H3. The van der Waals surface area contributed by atoms with Gasteiger partial charge in [0.15, 0.2) is 0 Å². The molecule has 1 N–H and O–H groups in total. The first-order chi connectivity index (χ1) is 8.20. The predicted octanol–water partition coefficient (Wildman–Crippen LogP) is 2.40. The van der Waals surface area contributed by atoms with Gasteiger partial charge in [-0.3, -0.25) is 0 Å². The fourth-order valence-corrected chi connectivity index (χ4v) is 3.15. The zero-order chi connectivity index (χ0) is 12.3. The number of pyridine rings is 1. The third-order valence-corrected chi connectivity index (χ3v) is 4.29. The summed E-state index contributed by atoms with van der Waals surface area (Å²) in [6.45, 7) is 5.12. The molecule has 1 atom stereocenters. The molecule has 1 aliphatic heterocycles. The molecule has 2 heterocycles. The first kappa shape index (κ1) is 13.0. The fourth-order valence-electron chi connectivity index (χ4n) is 1.97. The Morgan fingerprint density at radius 2 is 2.41 bits per heavy atom. The van der Waals surface area contributed by atoms with E-state index in [4.69, 9.17) is 11.6 Å². The van der Waals surface area contributed by atoms with Gasteiger partial charge in [0.05, 0.1) is 10.7 Å². The van der Waals surface area contributed by atoms with Gasteiger partial charge in [0.25, 0.3) is 0 Å². The topological polar surface area (TPSA) is 28.2 Å². The molecule has 0 radical (unpaired) electrons. The van der Waals surface area contributed by atoms with Gasteiger partial charge in [-0.05, 0) is 19.2 Å². The SMILES string of the molecule is CNCc1nc(N2CCSC(C)C2)ccc1Cl. The Morgan fingerprint density at radius 3 is 3.12 bits per heavy atom. The van der Waals surface area contributed by atoms with Gasteiger partial charge in [-0.15, -0.1) is 0 Å². The molecule has 1 aromatic heterocycles. The van der Waals surface area contributed by atoms with Gasteiger partial charge in [-0.1, -0.05) is 18.5 Å². The Labute approximate surface area is 112 Å². The molecule has 0 amide bonds. The molecule has 1 fully saturated rings. The van der Waals surface area contributed by atoms with Gasteiger partial charge in [-0.25, -0.2) is 4.98 Å². The number of hydrogen-bond donors (Lipinski definition) is 1. The lowest BCUT2D eigenvalue weighted by molar-refractivity contribution is 0.751. The van der Waals surface area contributed by atoms with Crippen molar-refractivity contribution in [3.63, 3.8) is 0 Å². The predicted molar refractivity (Wildman–Crippen MR) is 76.1 cm³/mol. The lowest BCUT2D eigenvalue weighted by Gasteiger charge is -2.31. The summed E-state index contributed by atoms with van der Waals surface area (Å²) in [4.78, 5) is 6.99. The maximum Gasteiger partial charge on any atom is 0.129 e. The highest BCUT2D eigenvalue weighted by molar-refractivity contribution is 8.00. The number of halogens is 1. The Balaban J connectivity index is 2.17. The van der Waals surface area contributed by atoms with Crippen LogP contribution in [-0.2, 0) is 6.54 Å². The van der Waals surface area contributed by atoms with Gasteiger partial charge in [-0.2, -0.15) is 11.8 Å². The van der Waals surface area contributed by atoms with Crippen molar-refractivity contribution in [2.24, 2.45) is 0 Å². The van der Waals surface area contributed by atoms with Crippen LogP contribution in [0.5, 0.6) is 0 Å². The van der Waals surface area contributed by atoms with Crippen LogP contribution >= 0.6 is 23.4 Å². The lowest BCUT2D eigenvalue weighted by Crippen LogP contribution is -2.37. The van der Waals surface area contributed by atoms with Gasteiger partial charge >= 0.3 is 0 Å². The molecule has 0 bridgehead atoms. The molecule has 2 rings (SSSR count). The Kier molecular flexibility index (Phi) is 4.54. The Morgan fingerprint density at radius 1 is 1.59 bits per heavy atom. The molecule has 0 spiro atoms. The molecule has 0 aromatic carbocycles. The second kappa shape index (κ2) is 5.94. The zero-order valence-corrected chi connectivity index (χ0v) is 11.8. The molecule has 94 valence electrons. The summed E-state index contributed by atoms with van der Waals surface area (Å²) in [5, 5.41) is 4.51. The van der Waals surface area contributed by atoms with Crippen molar-refractivity contribution >= 4 is 29.2 Å². The quantitative estimate of drug-likeness (QED) is 0.914. The van der Waals surface area contributed by atoms with Crippen molar-refractivity contribution in [3.8, 4) is 0 Å². The van der Waals surface area contributed by atoms with Crippen LogP contribution in [-0.4, -0.2) is 36.1 Å². The van der Waals surface area contributed by atoms with Crippen LogP contribution in [0.2, 0.25) is 5.02 Å². The van der Waals surface area contributed by atoms with Crippen molar-refractivity contribution in [3.05, 3.63) is 22.8 Å². The average Bonchev–Trinajstić information content (AvgIpc) is 2.32. The average molecular weight is 272 g/mol. The second-order valence-corrected chi connectivity index (χ2v) is 6.21. The summed E-state index contributed by atoms with van der Waals surface area (Å²) in [5.41, 5.74) is 0.928. The lowest BCUT2D eigenvalue weighted by atomic mass is 10.3. The van der Waals surface area contributed by atoms with Crippen LogP contribution in [0.4, 0.5) is 5.82 Å². The molecule has 0 saturated carbocycles. The van der Waals surface area contributed by atoms with E-state index in [-0.39, 0.29) is 0 Å². The molecule has 1 aliphatic rings. The first-order valence-corrected chi connectivity index (χ1v) is 7.30. The Hall–Kier alpha value is -0.450. The maximum absolute atomic E-state index is 6.12. The van der Waals surface area contributed by atoms with E-state index in [2.05, 4.69) is 22.1 Å². The normalized spacial score (nSPS) is 20.6. The van der Waals surface area contributed by atoms with Gasteiger partial charge in [0.2, 0.25) is 0 Å². The monoisotopic (exact) mass is 271 g/mol. The number of hydrogen-bond acceptors (Lipinski definition) is 4. The molecule has 17 heavy (non-hydrogen) atoms. The van der Waals surface area contributed by atoms with Crippen LogP contribution in [0, 0.1) is 0 Å². The number of aromatic nitrogens is 1. The van der Waals surface area contributed by atoms with E-state index < -0.39 is 0 Å². The number of nitrogens with zero attached hydrogens (tertiary/aromatic N) is 2. The molecular formula is C12H18ClN3S. The fraction of sp³-hybridized carbons (Fsp3) is 0.583. The van der Waals surface area contributed by atoms with E-state index in [1.165, 1.54) is 5.75 Å². The molecule has 3 nitrogen and oxygen atoms in total. The first-order valence-electron chi connectivity index (χ1n) is 5.87. The van der Waals surface area contributed by atoms with E-state index in [1.807, 2.05) is 30.9 Å². The third-order valence-electron chi connectivity index (χ3n) is 2.81. The molecule has 0 aliphatic carbocycles. The van der Waals surface area contributed by atoms with Crippen molar-refractivity contribution in [1.82, 2.24) is 10.3 Å². The van der Waals surface area contributed by atoms with Gasteiger partial charge < -0.3 is 10.2 Å². The largest absolute Gasteiger partial charge is 0.355 e. The molecule has 1 saturated heterocycles. The molecule has 1 unspecified atom stereocenters. The summed E-state index contributed by atoms with van der Waals surface area (Å²) in [6, 6.07) is 3.97. The van der Waals surface area contributed by atoms with Crippen LogP contribution in [0.25, 0.3) is 0 Å². The summed E-state index contributed by atoms with van der Waals surface area (Å²) in [6.07, 6.45) is 0. The number of rotatable bonds is 3. The minimum atomic E-state index is 0.675. The van der Waals surface area contributed by atoms with Crippen molar-refractivity contribution in [1.29, 1.82) is 0 Å². The zero-order valence-electron chi connectivity index (χ0n) is 10.2. The highest BCUT2D eigenvalue weighted by Crippen LogP contribution is 2.24. The second-order valence-electron chi connectivity index (χ2n) is 4.26. The highest BCUT2D eigenvalue weighted by atomic mass is 35.5. The minimum absolute atomic E-state index is 0.675. The van der Waals surface area contributed by atoms with Crippen LogP contribution in [0.15, 0.2) is 12.1 Å². The number of nitrogens with one attached hydrogen (secondary N) is 1. The van der Waals surface area contributed by atoms with Crippen LogP contribution < -0.4 is 10.2 Å². The highest BCUT2D eigenvalue weighted by Gasteiger charge is 2.18. The smallest absolute Gasteiger partial charge is 0.129 e. The summed E-state index contributed by atoms with van der Waals surface area (Å²) in [7, 11) is 1.91. The van der Waals surface area contributed by atoms with Crippen LogP contribution in [0.3, 0.4) is 0 Å². The van der Waals surface area contributed by atoms with Crippen molar-refractivity contribution in [2.45, 2.75) is 18.7 Å². The molecule has 5 heteroatoms. The Bertz CT molecular complexity index is 386. The maximum atomic E-state index is 6.12. The molecule has 1 aromatic rings. The van der Waals surface area contributed by atoms with E-state index in [1.54, 1.807) is 0 Å². The number of thioether (sulfide) groups is 1. The summed E-state index contributed by atoms with van der Waals surface area (Å²) < 4.78 is 0. The van der Waals surface area contributed by atoms with Gasteiger partial charge in [0, 0.05) is 30.6 Å². The van der Waals surface area contributed by atoms with Crippen LogP contribution in [0.1, 0.15) is 12.6 Å². The van der Waals surface area contributed by atoms with E-state index in [0.717, 1.165) is 29.6 Å². The van der Waals surface area contributed by atoms with E-state index in [0.29, 0.717) is 11.8 Å². The van der Waals surface area contributed by atoms with E-state index >= 15 is 0 Å².